The summed E-state index contributed by atoms with van der Waals surface area (Å²) in [5.74, 6) is 2.19. The van der Waals surface area contributed by atoms with E-state index in [0.29, 0.717) is 23.8 Å². The zero-order valence-electron chi connectivity index (χ0n) is 15.0. The minimum absolute atomic E-state index is 0.343. The number of carbonyl (C=O) groups is 1. The van der Waals surface area contributed by atoms with Gasteiger partial charge in [0, 0.05) is 31.6 Å². The molecule has 0 aromatic heterocycles. The number of benzene rings is 1. The second kappa shape index (κ2) is 8.02. The lowest BCUT2D eigenvalue weighted by Crippen LogP contribution is -2.50. The van der Waals surface area contributed by atoms with Crippen LogP contribution in [0.3, 0.4) is 0 Å². The molecule has 4 nitrogen and oxygen atoms in total. The third kappa shape index (κ3) is 4.50. The summed E-state index contributed by atoms with van der Waals surface area (Å²) < 4.78 is 5.62. The molecule has 2 fully saturated rings. The summed E-state index contributed by atoms with van der Waals surface area (Å²) in [6, 6.07) is 8.85. The monoisotopic (exact) mass is 330 g/mol. The second-order valence-electron chi connectivity index (χ2n) is 7.30. The van der Waals surface area contributed by atoms with Gasteiger partial charge in [0.2, 0.25) is 5.91 Å². The van der Waals surface area contributed by atoms with E-state index in [1.165, 1.54) is 5.56 Å². The highest BCUT2D eigenvalue weighted by molar-refractivity contribution is 5.81. The first-order valence-corrected chi connectivity index (χ1v) is 9.41. The Kier molecular flexibility index (Phi) is 5.77. The number of amides is 1. The molecule has 1 N–H and O–H groups in total. The van der Waals surface area contributed by atoms with Gasteiger partial charge in [-0.1, -0.05) is 26.0 Å². The topological polar surface area (TPSA) is 41.6 Å². The van der Waals surface area contributed by atoms with E-state index in [1.54, 1.807) is 0 Å². The van der Waals surface area contributed by atoms with E-state index < -0.39 is 0 Å². The first-order valence-electron chi connectivity index (χ1n) is 9.41. The van der Waals surface area contributed by atoms with Crippen molar-refractivity contribution in [1.29, 1.82) is 0 Å². The number of hydrogen-bond acceptors (Lipinski definition) is 3. The van der Waals surface area contributed by atoms with Gasteiger partial charge in [0.05, 0.1) is 6.61 Å². The van der Waals surface area contributed by atoms with Crippen molar-refractivity contribution in [1.82, 2.24) is 10.2 Å². The summed E-state index contributed by atoms with van der Waals surface area (Å²) in [5, 5.41) is 3.68. The molecule has 0 unspecified atom stereocenters. The average molecular weight is 330 g/mol. The maximum absolute atomic E-state index is 12.2. The van der Waals surface area contributed by atoms with Crippen LogP contribution in [-0.4, -0.2) is 36.5 Å². The molecule has 1 aromatic rings. The normalized spacial score (nSPS) is 24.0. The molecule has 2 aliphatic rings. The highest BCUT2D eigenvalue weighted by Gasteiger charge is 2.36. The Morgan fingerprint density at radius 1 is 1.25 bits per heavy atom. The molecule has 1 saturated carbocycles. The maximum Gasteiger partial charge on any atom is 0.225 e. The second-order valence-corrected chi connectivity index (χ2v) is 7.30. The van der Waals surface area contributed by atoms with Crippen molar-refractivity contribution in [2.75, 3.05) is 19.7 Å². The van der Waals surface area contributed by atoms with E-state index >= 15 is 0 Å². The van der Waals surface area contributed by atoms with Gasteiger partial charge in [0.25, 0.3) is 0 Å². The molecule has 3 rings (SSSR count). The summed E-state index contributed by atoms with van der Waals surface area (Å²) in [6.07, 6.45) is 4.28. The van der Waals surface area contributed by atoms with Crippen LogP contribution in [0.2, 0.25) is 0 Å². The molecule has 1 aliphatic carbocycles. The standard InChI is InChI=1S/C20H30N2O2/c1-3-12-24-18-8-4-16(5-9-18)13-21-19-10-11-22(14-15(19)2)20(23)17-6-7-17/h4-5,8-9,15,17,19,21H,3,6-7,10-14H2,1-2H3/t15-,19-/m1/s1. The van der Waals surface area contributed by atoms with Crippen LogP contribution in [0.1, 0.15) is 45.1 Å². The summed E-state index contributed by atoms with van der Waals surface area (Å²) >= 11 is 0. The molecule has 1 aromatic carbocycles. The summed E-state index contributed by atoms with van der Waals surface area (Å²) in [7, 11) is 0. The Labute approximate surface area is 145 Å². The number of nitrogens with one attached hydrogen (secondary N) is 1. The molecule has 24 heavy (non-hydrogen) atoms. The van der Waals surface area contributed by atoms with E-state index in [2.05, 4.69) is 36.2 Å². The fourth-order valence-electron chi connectivity index (χ4n) is 3.41. The van der Waals surface area contributed by atoms with Crippen molar-refractivity contribution >= 4 is 5.91 Å². The number of piperidine rings is 1. The fraction of sp³-hybridized carbons (Fsp3) is 0.650. The van der Waals surface area contributed by atoms with Crippen LogP contribution < -0.4 is 10.1 Å². The van der Waals surface area contributed by atoms with Gasteiger partial charge in [0.15, 0.2) is 0 Å². The van der Waals surface area contributed by atoms with Gasteiger partial charge in [-0.2, -0.15) is 0 Å². The Hall–Kier alpha value is -1.55. The molecule has 1 amide bonds. The molecule has 0 bridgehead atoms. The van der Waals surface area contributed by atoms with Crippen LogP contribution in [0.15, 0.2) is 24.3 Å². The maximum atomic E-state index is 12.2. The molecule has 2 atom stereocenters. The number of hydrogen-bond donors (Lipinski definition) is 1. The van der Waals surface area contributed by atoms with E-state index in [-0.39, 0.29) is 0 Å². The van der Waals surface area contributed by atoms with Gasteiger partial charge in [-0.05, 0) is 49.3 Å². The van der Waals surface area contributed by atoms with Crippen molar-refractivity contribution in [2.24, 2.45) is 11.8 Å². The minimum atomic E-state index is 0.343. The van der Waals surface area contributed by atoms with Crippen LogP contribution in [0, 0.1) is 11.8 Å². The van der Waals surface area contributed by atoms with Gasteiger partial charge in [-0.3, -0.25) is 4.79 Å². The number of carbonyl (C=O) groups excluding carboxylic acids is 1. The molecule has 0 radical (unpaired) electrons. The van der Waals surface area contributed by atoms with E-state index in [0.717, 1.165) is 57.7 Å². The number of ether oxygens (including phenoxy) is 1. The van der Waals surface area contributed by atoms with Crippen LogP contribution in [0.4, 0.5) is 0 Å². The van der Waals surface area contributed by atoms with Crippen molar-refractivity contribution in [3.8, 4) is 5.75 Å². The third-order valence-electron chi connectivity index (χ3n) is 5.11. The first-order chi connectivity index (χ1) is 11.7. The summed E-state index contributed by atoms with van der Waals surface area (Å²) in [6.45, 7) is 7.82. The highest BCUT2D eigenvalue weighted by Crippen LogP contribution is 2.32. The molecule has 1 heterocycles. The van der Waals surface area contributed by atoms with E-state index in [1.807, 2.05) is 12.1 Å². The fourth-order valence-corrected chi connectivity index (χ4v) is 3.41. The SMILES string of the molecule is CCCOc1ccc(CN[C@@H]2CCN(C(=O)C3CC3)C[C@H]2C)cc1. The molecular formula is C20H30N2O2. The predicted molar refractivity (Wildman–Crippen MR) is 95.9 cm³/mol. The number of likely N-dealkylation sites (tertiary alicyclic amines) is 1. The average Bonchev–Trinajstić information content (AvgIpc) is 3.44. The summed E-state index contributed by atoms with van der Waals surface area (Å²) in [4.78, 5) is 14.3. The Morgan fingerprint density at radius 2 is 2.00 bits per heavy atom. The molecule has 0 spiro atoms. The van der Waals surface area contributed by atoms with Gasteiger partial charge in [-0.25, -0.2) is 0 Å². The van der Waals surface area contributed by atoms with Crippen LogP contribution >= 0.6 is 0 Å². The smallest absolute Gasteiger partial charge is 0.225 e. The van der Waals surface area contributed by atoms with E-state index in [4.69, 9.17) is 4.74 Å². The Balaban J connectivity index is 1.44. The van der Waals surface area contributed by atoms with E-state index in [9.17, 15) is 4.79 Å². The summed E-state index contributed by atoms with van der Waals surface area (Å²) in [5.41, 5.74) is 1.28. The largest absolute Gasteiger partial charge is 0.494 e. The van der Waals surface area contributed by atoms with Crippen molar-refractivity contribution in [3.05, 3.63) is 29.8 Å². The van der Waals surface area contributed by atoms with Crippen molar-refractivity contribution in [3.63, 3.8) is 0 Å². The van der Waals surface area contributed by atoms with Gasteiger partial charge >= 0.3 is 0 Å². The molecule has 4 heteroatoms. The quantitative estimate of drug-likeness (QED) is 0.835. The Bertz CT molecular complexity index is 539. The van der Waals surface area contributed by atoms with Crippen LogP contribution in [0.25, 0.3) is 0 Å². The lowest BCUT2D eigenvalue weighted by molar-refractivity contribution is -0.134. The zero-order chi connectivity index (χ0) is 16.9. The molecular weight excluding hydrogens is 300 g/mol. The van der Waals surface area contributed by atoms with Gasteiger partial charge < -0.3 is 15.0 Å². The van der Waals surface area contributed by atoms with Crippen LogP contribution in [-0.2, 0) is 11.3 Å². The minimum Gasteiger partial charge on any atom is -0.494 e. The Morgan fingerprint density at radius 3 is 2.62 bits per heavy atom. The number of nitrogens with zero attached hydrogens (tertiary/aromatic N) is 1. The van der Waals surface area contributed by atoms with Crippen molar-refractivity contribution < 1.29 is 9.53 Å². The van der Waals surface area contributed by atoms with Crippen LogP contribution in [0.5, 0.6) is 5.75 Å². The van der Waals surface area contributed by atoms with Gasteiger partial charge in [0.1, 0.15) is 5.75 Å². The lowest BCUT2D eigenvalue weighted by atomic mass is 9.93. The molecule has 132 valence electrons. The van der Waals surface area contributed by atoms with Crippen molar-refractivity contribution in [2.45, 2.75) is 52.1 Å². The first kappa shape index (κ1) is 17.3. The number of rotatable bonds is 7. The lowest BCUT2D eigenvalue weighted by Gasteiger charge is -2.37. The zero-order valence-corrected chi connectivity index (χ0v) is 15.0. The molecule has 1 saturated heterocycles. The predicted octanol–water partition coefficient (Wildman–Crippen LogP) is 3.21. The molecule has 1 aliphatic heterocycles. The van der Waals surface area contributed by atoms with Gasteiger partial charge in [-0.15, -0.1) is 0 Å². The third-order valence-corrected chi connectivity index (χ3v) is 5.11. The highest BCUT2D eigenvalue weighted by atomic mass is 16.5.